The summed E-state index contributed by atoms with van der Waals surface area (Å²) >= 11 is 0. The third kappa shape index (κ3) is 2.60. The monoisotopic (exact) mass is 224 g/mol. The van der Waals surface area contributed by atoms with Crippen molar-refractivity contribution in [1.82, 2.24) is 10.4 Å². The summed E-state index contributed by atoms with van der Waals surface area (Å²) in [4.78, 5) is 0. The van der Waals surface area contributed by atoms with Crippen molar-refractivity contribution in [2.75, 3.05) is 6.54 Å². The van der Waals surface area contributed by atoms with Crippen LogP contribution in [0.4, 0.5) is 0 Å². The van der Waals surface area contributed by atoms with Crippen LogP contribution in [-0.2, 0) is 0 Å². The highest BCUT2D eigenvalue weighted by atomic mass is 15.6. The number of hydrogen-bond donors (Lipinski definition) is 1. The van der Waals surface area contributed by atoms with Gasteiger partial charge in [0.2, 0.25) is 0 Å². The molecule has 0 unspecified atom stereocenters. The first-order valence-electron chi connectivity index (χ1n) is 6.32. The lowest BCUT2D eigenvalue weighted by atomic mass is 9.83. The molecule has 1 N–H and O–H groups in total. The molecule has 1 rings (SSSR count). The fourth-order valence-corrected chi connectivity index (χ4v) is 2.32. The molecule has 0 fully saturated rings. The van der Waals surface area contributed by atoms with Crippen LogP contribution >= 0.6 is 0 Å². The Balaban J connectivity index is 3.18. The molecular weight excluding hydrogens is 196 g/mol. The Morgan fingerprint density at radius 2 is 1.56 bits per heavy atom. The van der Waals surface area contributed by atoms with Gasteiger partial charge in [0.25, 0.3) is 0 Å². The number of rotatable bonds is 1. The van der Waals surface area contributed by atoms with Crippen molar-refractivity contribution in [1.29, 1.82) is 0 Å². The summed E-state index contributed by atoms with van der Waals surface area (Å²) < 4.78 is 0. The molecule has 2 nitrogen and oxygen atoms in total. The Bertz CT molecular complexity index is 287. The fourth-order valence-electron chi connectivity index (χ4n) is 2.32. The van der Waals surface area contributed by atoms with Crippen LogP contribution in [-0.4, -0.2) is 17.1 Å². The molecule has 94 valence electrons. The number of hydrazine groups is 1. The van der Waals surface area contributed by atoms with Crippen LogP contribution in [0, 0.1) is 11.3 Å². The SMILES string of the molecule is CC(C)C1=C(C(C)(C)C)CNN1C(C)(C)C. The zero-order valence-electron chi connectivity index (χ0n) is 12.2. The van der Waals surface area contributed by atoms with Gasteiger partial charge in [0.05, 0.1) is 0 Å². The van der Waals surface area contributed by atoms with E-state index < -0.39 is 0 Å². The zero-order valence-corrected chi connectivity index (χ0v) is 12.2. The minimum Gasteiger partial charge on any atom is -0.307 e. The van der Waals surface area contributed by atoms with E-state index in [-0.39, 0.29) is 11.0 Å². The highest BCUT2D eigenvalue weighted by molar-refractivity contribution is 5.27. The number of hydrogen-bond acceptors (Lipinski definition) is 2. The van der Waals surface area contributed by atoms with E-state index in [0.29, 0.717) is 5.92 Å². The lowest BCUT2D eigenvalue weighted by molar-refractivity contribution is 0.126. The summed E-state index contributed by atoms with van der Waals surface area (Å²) in [6.07, 6.45) is 0. The predicted octanol–water partition coefficient (Wildman–Crippen LogP) is 3.56. The van der Waals surface area contributed by atoms with Crippen LogP contribution in [0.25, 0.3) is 0 Å². The topological polar surface area (TPSA) is 15.3 Å². The van der Waals surface area contributed by atoms with Gasteiger partial charge in [-0.15, -0.1) is 0 Å². The second-order valence-electron chi connectivity index (χ2n) is 7.11. The maximum atomic E-state index is 3.54. The highest BCUT2D eigenvalue weighted by Gasteiger charge is 2.35. The quantitative estimate of drug-likeness (QED) is 0.732. The Morgan fingerprint density at radius 3 is 1.88 bits per heavy atom. The molecule has 0 aromatic heterocycles. The lowest BCUT2D eigenvalue weighted by Gasteiger charge is -2.38. The van der Waals surface area contributed by atoms with Crippen molar-refractivity contribution in [2.24, 2.45) is 11.3 Å². The van der Waals surface area contributed by atoms with Gasteiger partial charge >= 0.3 is 0 Å². The van der Waals surface area contributed by atoms with Gasteiger partial charge in [-0.05, 0) is 37.7 Å². The highest BCUT2D eigenvalue weighted by Crippen LogP contribution is 2.37. The summed E-state index contributed by atoms with van der Waals surface area (Å²) in [5.74, 6) is 0.573. The van der Waals surface area contributed by atoms with E-state index in [4.69, 9.17) is 0 Å². The Hall–Kier alpha value is -0.500. The first kappa shape index (κ1) is 13.6. The van der Waals surface area contributed by atoms with Crippen LogP contribution in [0.1, 0.15) is 55.4 Å². The van der Waals surface area contributed by atoms with Crippen LogP contribution in [0.2, 0.25) is 0 Å². The minimum absolute atomic E-state index is 0.145. The van der Waals surface area contributed by atoms with Crippen molar-refractivity contribution in [3.05, 3.63) is 11.3 Å². The molecule has 0 spiro atoms. The van der Waals surface area contributed by atoms with Gasteiger partial charge in [-0.3, -0.25) is 0 Å². The first-order chi connectivity index (χ1) is 7.05. The van der Waals surface area contributed by atoms with E-state index in [1.54, 1.807) is 5.57 Å². The van der Waals surface area contributed by atoms with Crippen molar-refractivity contribution in [2.45, 2.75) is 60.9 Å². The molecule has 0 aromatic carbocycles. The van der Waals surface area contributed by atoms with Crippen LogP contribution in [0.3, 0.4) is 0 Å². The molecule has 0 radical (unpaired) electrons. The standard InChI is InChI=1S/C14H28N2/c1-10(2)12-11(13(3,4)5)9-15-16(12)14(6,7)8/h10,15H,9H2,1-8H3. The molecule has 2 heteroatoms. The maximum Gasteiger partial charge on any atom is 0.0476 e. The molecule has 0 aromatic rings. The predicted molar refractivity (Wildman–Crippen MR) is 70.9 cm³/mol. The van der Waals surface area contributed by atoms with Crippen molar-refractivity contribution < 1.29 is 0 Å². The maximum absolute atomic E-state index is 3.54. The van der Waals surface area contributed by atoms with Gasteiger partial charge in [0, 0.05) is 17.8 Å². The zero-order chi connectivity index (χ0) is 12.7. The Morgan fingerprint density at radius 1 is 1.06 bits per heavy atom. The normalized spacial score (nSPS) is 18.9. The van der Waals surface area contributed by atoms with Gasteiger partial charge < -0.3 is 5.01 Å². The third-order valence-electron chi connectivity index (χ3n) is 3.09. The van der Waals surface area contributed by atoms with Crippen LogP contribution in [0.5, 0.6) is 0 Å². The number of nitrogens with zero attached hydrogens (tertiary/aromatic N) is 1. The van der Waals surface area contributed by atoms with Gasteiger partial charge in [-0.25, -0.2) is 5.43 Å². The molecule has 0 atom stereocenters. The van der Waals surface area contributed by atoms with Gasteiger partial charge in [-0.1, -0.05) is 34.6 Å². The van der Waals surface area contributed by atoms with E-state index >= 15 is 0 Å². The molecular formula is C14H28N2. The van der Waals surface area contributed by atoms with E-state index in [1.165, 1.54) is 5.70 Å². The van der Waals surface area contributed by atoms with Crippen molar-refractivity contribution in [3.63, 3.8) is 0 Å². The summed E-state index contributed by atoms with van der Waals surface area (Å²) in [6.45, 7) is 19.2. The molecule has 1 heterocycles. The molecule has 16 heavy (non-hydrogen) atoms. The summed E-state index contributed by atoms with van der Waals surface area (Å²) in [5.41, 5.74) is 6.99. The lowest BCUT2D eigenvalue weighted by Crippen LogP contribution is -2.47. The summed E-state index contributed by atoms with van der Waals surface area (Å²) in [5, 5.41) is 2.36. The van der Waals surface area contributed by atoms with Crippen LogP contribution in [0.15, 0.2) is 11.3 Å². The van der Waals surface area contributed by atoms with E-state index in [9.17, 15) is 0 Å². The second kappa shape index (κ2) is 4.06. The van der Waals surface area contributed by atoms with Gasteiger partial charge in [0.1, 0.15) is 0 Å². The van der Waals surface area contributed by atoms with E-state index in [2.05, 4.69) is 65.8 Å². The molecule has 0 bridgehead atoms. The molecule has 0 aliphatic carbocycles. The van der Waals surface area contributed by atoms with Gasteiger partial charge in [-0.2, -0.15) is 0 Å². The largest absolute Gasteiger partial charge is 0.307 e. The number of nitrogens with one attached hydrogen (secondary N) is 1. The summed E-state index contributed by atoms with van der Waals surface area (Å²) in [6, 6.07) is 0. The summed E-state index contributed by atoms with van der Waals surface area (Å²) in [7, 11) is 0. The van der Waals surface area contributed by atoms with Crippen molar-refractivity contribution >= 4 is 0 Å². The Labute approximate surface area is 101 Å². The van der Waals surface area contributed by atoms with Gasteiger partial charge in [0.15, 0.2) is 0 Å². The third-order valence-corrected chi connectivity index (χ3v) is 3.09. The van der Waals surface area contributed by atoms with Crippen molar-refractivity contribution in [3.8, 4) is 0 Å². The second-order valence-corrected chi connectivity index (χ2v) is 7.11. The molecule has 0 saturated heterocycles. The van der Waals surface area contributed by atoms with E-state index in [1.807, 2.05) is 0 Å². The number of allylic oxidation sites excluding steroid dienone is 1. The van der Waals surface area contributed by atoms with E-state index in [0.717, 1.165) is 6.54 Å². The molecule has 0 amide bonds. The molecule has 0 saturated carbocycles. The molecule has 1 aliphatic rings. The average Bonchev–Trinajstić information content (AvgIpc) is 2.43. The Kier molecular flexibility index (Phi) is 3.45. The fraction of sp³-hybridized carbons (Fsp3) is 0.857. The van der Waals surface area contributed by atoms with Crippen LogP contribution < -0.4 is 5.43 Å². The smallest absolute Gasteiger partial charge is 0.0476 e. The molecule has 1 aliphatic heterocycles. The average molecular weight is 224 g/mol. The minimum atomic E-state index is 0.145. The first-order valence-corrected chi connectivity index (χ1v) is 6.32.